The SMILES string of the molecule is O=S(=O)(c1ccccc1N1CCCC(n2ccc(C(F)(F)F)n2)C1)C(F)F. The van der Waals surface area contributed by atoms with Gasteiger partial charge in [0.2, 0.25) is 9.84 Å². The fourth-order valence-electron chi connectivity index (χ4n) is 3.14. The lowest BCUT2D eigenvalue weighted by molar-refractivity contribution is -0.141. The van der Waals surface area contributed by atoms with E-state index in [1.165, 1.54) is 29.1 Å². The summed E-state index contributed by atoms with van der Waals surface area (Å²) in [5.41, 5.74) is -0.897. The van der Waals surface area contributed by atoms with E-state index in [0.29, 0.717) is 19.4 Å². The predicted octanol–water partition coefficient (Wildman–Crippen LogP) is 3.74. The monoisotopic (exact) mass is 409 g/mol. The summed E-state index contributed by atoms with van der Waals surface area (Å²) >= 11 is 0. The number of anilines is 1. The molecule has 0 bridgehead atoms. The predicted molar refractivity (Wildman–Crippen MR) is 87.3 cm³/mol. The van der Waals surface area contributed by atoms with Gasteiger partial charge < -0.3 is 4.90 Å². The van der Waals surface area contributed by atoms with Crippen LogP contribution in [-0.4, -0.2) is 37.0 Å². The average Bonchev–Trinajstić information content (AvgIpc) is 3.12. The normalized spacial score (nSPS) is 18.9. The van der Waals surface area contributed by atoms with Crippen molar-refractivity contribution in [2.24, 2.45) is 0 Å². The van der Waals surface area contributed by atoms with Crippen LogP contribution in [0.25, 0.3) is 0 Å². The molecule has 0 N–H and O–H groups in total. The first-order valence-corrected chi connectivity index (χ1v) is 9.63. The van der Waals surface area contributed by atoms with Crippen LogP contribution in [0.15, 0.2) is 41.4 Å². The van der Waals surface area contributed by atoms with Crippen LogP contribution in [0.2, 0.25) is 0 Å². The van der Waals surface area contributed by atoms with Crippen LogP contribution >= 0.6 is 0 Å². The molecule has 1 aliphatic rings. The van der Waals surface area contributed by atoms with Crippen molar-refractivity contribution in [1.82, 2.24) is 9.78 Å². The number of rotatable bonds is 4. The molecule has 1 atom stereocenters. The van der Waals surface area contributed by atoms with E-state index in [-0.39, 0.29) is 12.2 Å². The molecule has 2 heterocycles. The number of alkyl halides is 5. The molecular weight excluding hydrogens is 393 g/mol. The first-order chi connectivity index (χ1) is 12.6. The largest absolute Gasteiger partial charge is 0.435 e. The third kappa shape index (κ3) is 3.92. The fraction of sp³-hybridized carbons (Fsp3) is 0.438. The molecule has 0 amide bonds. The zero-order valence-electron chi connectivity index (χ0n) is 13.9. The average molecular weight is 409 g/mol. The minimum absolute atomic E-state index is 0.116. The van der Waals surface area contributed by atoms with Crippen molar-refractivity contribution in [3.8, 4) is 0 Å². The molecule has 27 heavy (non-hydrogen) atoms. The molecule has 0 aliphatic carbocycles. The molecule has 11 heteroatoms. The minimum atomic E-state index is -4.80. The van der Waals surface area contributed by atoms with Crippen LogP contribution in [-0.2, 0) is 16.0 Å². The Kier molecular flexibility index (Phi) is 5.15. The van der Waals surface area contributed by atoms with E-state index in [4.69, 9.17) is 0 Å². The third-order valence-electron chi connectivity index (χ3n) is 4.42. The summed E-state index contributed by atoms with van der Waals surface area (Å²) in [4.78, 5) is 1.11. The topological polar surface area (TPSA) is 55.2 Å². The highest BCUT2D eigenvalue weighted by atomic mass is 32.2. The first kappa shape index (κ1) is 19.6. The first-order valence-electron chi connectivity index (χ1n) is 8.09. The van der Waals surface area contributed by atoms with Crippen molar-refractivity contribution in [3.63, 3.8) is 0 Å². The number of halogens is 5. The van der Waals surface area contributed by atoms with Crippen molar-refractivity contribution in [3.05, 3.63) is 42.2 Å². The summed E-state index contributed by atoms with van der Waals surface area (Å²) in [5, 5.41) is 3.56. The van der Waals surface area contributed by atoms with Gasteiger partial charge in [-0.2, -0.15) is 27.1 Å². The maximum Gasteiger partial charge on any atom is 0.435 e. The summed E-state index contributed by atoms with van der Waals surface area (Å²) < 4.78 is 89.3. The van der Waals surface area contributed by atoms with Crippen molar-refractivity contribution >= 4 is 15.5 Å². The molecule has 1 saturated heterocycles. The van der Waals surface area contributed by atoms with E-state index in [9.17, 15) is 30.4 Å². The molecule has 1 aliphatic heterocycles. The van der Waals surface area contributed by atoms with Gasteiger partial charge in [-0.25, -0.2) is 8.42 Å². The van der Waals surface area contributed by atoms with E-state index in [1.807, 2.05) is 0 Å². The van der Waals surface area contributed by atoms with E-state index in [0.717, 1.165) is 12.1 Å². The molecule has 148 valence electrons. The third-order valence-corrected chi connectivity index (χ3v) is 5.84. The van der Waals surface area contributed by atoms with Gasteiger partial charge in [0.25, 0.3) is 0 Å². The number of hydrogen-bond acceptors (Lipinski definition) is 4. The minimum Gasteiger partial charge on any atom is -0.368 e. The van der Waals surface area contributed by atoms with Gasteiger partial charge in [-0.1, -0.05) is 12.1 Å². The Balaban J connectivity index is 1.89. The van der Waals surface area contributed by atoms with Gasteiger partial charge in [-0.05, 0) is 31.0 Å². The van der Waals surface area contributed by atoms with E-state index in [1.54, 1.807) is 4.90 Å². The Morgan fingerprint density at radius 3 is 2.48 bits per heavy atom. The lowest BCUT2D eigenvalue weighted by Crippen LogP contribution is -2.37. The number of sulfone groups is 1. The maximum absolute atomic E-state index is 13.0. The quantitative estimate of drug-likeness (QED) is 0.722. The molecule has 2 aromatic rings. The summed E-state index contributed by atoms with van der Waals surface area (Å²) in [6, 6.07) is 5.84. The van der Waals surface area contributed by atoms with Crippen LogP contribution in [0.1, 0.15) is 24.6 Å². The Labute approximate surface area is 152 Å². The summed E-state index contributed by atoms with van der Waals surface area (Å²) in [7, 11) is -4.80. The standard InChI is InChI=1S/C16H16F5N3O2S/c17-15(18)27(25,26)13-6-2-1-5-12(13)23-8-3-4-11(10-23)24-9-7-14(22-24)16(19,20)21/h1-2,5-7,9,11,15H,3-4,8,10H2. The molecule has 1 aromatic carbocycles. The second-order valence-electron chi connectivity index (χ2n) is 6.19. The van der Waals surface area contributed by atoms with Crippen LogP contribution in [0.5, 0.6) is 0 Å². The van der Waals surface area contributed by atoms with E-state index < -0.39 is 38.4 Å². The molecule has 1 aromatic heterocycles. The molecule has 1 fully saturated rings. The lowest BCUT2D eigenvalue weighted by Gasteiger charge is -2.35. The number of benzene rings is 1. The lowest BCUT2D eigenvalue weighted by atomic mass is 10.1. The fourth-order valence-corrected chi connectivity index (χ4v) is 4.09. The molecule has 5 nitrogen and oxygen atoms in total. The van der Waals surface area contributed by atoms with Gasteiger partial charge in [-0.3, -0.25) is 4.68 Å². The molecule has 0 radical (unpaired) electrons. The van der Waals surface area contributed by atoms with Gasteiger partial charge in [0.05, 0.1) is 16.6 Å². The Bertz CT molecular complexity index is 911. The highest BCUT2D eigenvalue weighted by Crippen LogP contribution is 2.34. The highest BCUT2D eigenvalue weighted by Gasteiger charge is 2.35. The van der Waals surface area contributed by atoms with Crippen molar-refractivity contribution in [2.45, 2.75) is 35.7 Å². The molecule has 0 spiro atoms. The number of hydrogen-bond donors (Lipinski definition) is 0. The smallest absolute Gasteiger partial charge is 0.368 e. The second kappa shape index (κ2) is 7.10. The van der Waals surface area contributed by atoms with Gasteiger partial charge in [0, 0.05) is 19.3 Å². The van der Waals surface area contributed by atoms with Crippen LogP contribution in [0.3, 0.4) is 0 Å². The molecule has 1 unspecified atom stereocenters. The van der Waals surface area contributed by atoms with Crippen LogP contribution in [0.4, 0.5) is 27.6 Å². The van der Waals surface area contributed by atoms with Crippen molar-refractivity contribution in [1.29, 1.82) is 0 Å². The summed E-state index contributed by atoms with van der Waals surface area (Å²) in [6.07, 6.45) is -2.25. The zero-order chi connectivity index (χ0) is 19.8. The number of aromatic nitrogens is 2. The number of nitrogens with zero attached hydrogens (tertiary/aromatic N) is 3. The summed E-state index contributed by atoms with van der Waals surface area (Å²) in [6.45, 7) is 0.564. The van der Waals surface area contributed by atoms with E-state index in [2.05, 4.69) is 5.10 Å². The zero-order valence-corrected chi connectivity index (χ0v) is 14.7. The van der Waals surface area contributed by atoms with Gasteiger partial charge >= 0.3 is 11.9 Å². The van der Waals surface area contributed by atoms with E-state index >= 15 is 0 Å². The summed E-state index contributed by atoms with van der Waals surface area (Å²) in [5.74, 6) is -3.56. The molecular formula is C16H16F5N3O2S. The Morgan fingerprint density at radius 2 is 1.85 bits per heavy atom. The molecule has 0 saturated carbocycles. The van der Waals surface area contributed by atoms with Crippen molar-refractivity contribution < 1.29 is 30.4 Å². The maximum atomic E-state index is 13.0. The van der Waals surface area contributed by atoms with Gasteiger partial charge in [0.1, 0.15) is 0 Å². The number of para-hydroxylation sites is 1. The Hall–Kier alpha value is -2.17. The second-order valence-corrected chi connectivity index (χ2v) is 8.08. The van der Waals surface area contributed by atoms with Gasteiger partial charge in [-0.15, -0.1) is 0 Å². The van der Waals surface area contributed by atoms with Crippen molar-refractivity contribution in [2.75, 3.05) is 18.0 Å². The Morgan fingerprint density at radius 1 is 1.15 bits per heavy atom. The number of piperidine rings is 1. The molecule has 3 rings (SSSR count). The van der Waals surface area contributed by atoms with Gasteiger partial charge in [0.15, 0.2) is 5.69 Å². The van der Waals surface area contributed by atoms with Crippen LogP contribution in [0, 0.1) is 0 Å². The van der Waals surface area contributed by atoms with Crippen LogP contribution < -0.4 is 4.90 Å². The highest BCUT2D eigenvalue weighted by molar-refractivity contribution is 7.91.